The van der Waals surface area contributed by atoms with Crippen LogP contribution < -0.4 is 10.2 Å². The Morgan fingerprint density at radius 1 is 1.11 bits per heavy atom. The van der Waals surface area contributed by atoms with E-state index in [1.165, 1.54) is 4.90 Å². The number of rotatable bonds is 3. The van der Waals surface area contributed by atoms with Crippen molar-refractivity contribution in [3.8, 4) is 0 Å². The van der Waals surface area contributed by atoms with Gasteiger partial charge in [0.15, 0.2) is 0 Å². The number of halogens is 1. The van der Waals surface area contributed by atoms with Crippen LogP contribution in [0.1, 0.15) is 23.2 Å². The lowest BCUT2D eigenvalue weighted by molar-refractivity contribution is -0.124. The minimum Gasteiger partial charge on any atom is -0.327 e. The molecule has 27 heavy (non-hydrogen) atoms. The molecule has 0 aliphatic carbocycles. The Morgan fingerprint density at radius 3 is 2.63 bits per heavy atom. The largest absolute Gasteiger partial charge is 0.327 e. The summed E-state index contributed by atoms with van der Waals surface area (Å²) in [5.74, 6) is -0.696. The number of hydrogen-bond donors (Lipinski definition) is 1. The van der Waals surface area contributed by atoms with Gasteiger partial charge in [0.05, 0.1) is 11.3 Å². The van der Waals surface area contributed by atoms with Gasteiger partial charge in [-0.25, -0.2) is 0 Å². The van der Waals surface area contributed by atoms with Crippen LogP contribution in [0.2, 0.25) is 5.02 Å². The van der Waals surface area contributed by atoms with Crippen molar-refractivity contribution >= 4 is 40.7 Å². The number of fused-ring (bicyclic) bond motifs is 2. The van der Waals surface area contributed by atoms with Crippen LogP contribution in [-0.4, -0.2) is 41.8 Å². The molecule has 2 aromatic rings. The van der Waals surface area contributed by atoms with Crippen LogP contribution >= 0.6 is 11.6 Å². The molecule has 1 atom stereocenters. The maximum absolute atomic E-state index is 13.1. The fourth-order valence-electron chi connectivity index (χ4n) is 3.65. The van der Waals surface area contributed by atoms with E-state index in [4.69, 9.17) is 11.6 Å². The second kappa shape index (κ2) is 7.04. The number of benzene rings is 2. The molecule has 1 N–H and O–H groups in total. The molecule has 0 aromatic heterocycles. The van der Waals surface area contributed by atoms with Gasteiger partial charge >= 0.3 is 0 Å². The molecule has 2 aliphatic heterocycles. The van der Waals surface area contributed by atoms with Crippen LogP contribution in [0.15, 0.2) is 48.5 Å². The SMILES string of the molecule is O=C(CN1C(=O)[C@@H]2CCCN2C(=O)c2ccccc21)Nc1ccc(Cl)cc1. The Balaban J connectivity index is 1.62. The fraction of sp³-hybridized carbons (Fsp3) is 0.250. The first-order valence-corrected chi connectivity index (χ1v) is 9.19. The summed E-state index contributed by atoms with van der Waals surface area (Å²) in [5, 5.41) is 3.34. The summed E-state index contributed by atoms with van der Waals surface area (Å²) in [5.41, 5.74) is 1.53. The summed E-state index contributed by atoms with van der Waals surface area (Å²) < 4.78 is 0. The molecule has 2 aromatic carbocycles. The standard InChI is InChI=1S/C20H18ClN3O3/c21-13-7-9-14(10-8-13)22-18(25)12-24-16-5-2-1-4-15(16)19(26)23-11-3-6-17(23)20(24)27/h1-2,4-5,7-10,17H,3,6,11-12H2,(H,22,25)/t17-/m0/s1. The van der Waals surface area contributed by atoms with Gasteiger partial charge in [0.1, 0.15) is 12.6 Å². The van der Waals surface area contributed by atoms with Crippen molar-refractivity contribution in [2.45, 2.75) is 18.9 Å². The number of nitrogens with zero attached hydrogens (tertiary/aromatic N) is 2. The molecule has 138 valence electrons. The Labute approximate surface area is 161 Å². The van der Waals surface area contributed by atoms with E-state index in [9.17, 15) is 14.4 Å². The highest BCUT2D eigenvalue weighted by Crippen LogP contribution is 2.32. The molecular weight excluding hydrogens is 366 g/mol. The number of anilines is 2. The van der Waals surface area contributed by atoms with Crippen molar-refractivity contribution < 1.29 is 14.4 Å². The first-order chi connectivity index (χ1) is 13.0. The maximum Gasteiger partial charge on any atom is 0.256 e. The number of carbonyl (C=O) groups excluding carboxylic acids is 3. The van der Waals surface area contributed by atoms with Crippen LogP contribution in [0.5, 0.6) is 0 Å². The van der Waals surface area contributed by atoms with Crippen LogP contribution in [0.4, 0.5) is 11.4 Å². The molecule has 2 heterocycles. The number of nitrogens with one attached hydrogen (secondary N) is 1. The number of hydrogen-bond acceptors (Lipinski definition) is 3. The Bertz CT molecular complexity index is 913. The molecule has 1 fully saturated rings. The molecule has 1 saturated heterocycles. The highest BCUT2D eigenvalue weighted by molar-refractivity contribution is 6.30. The van der Waals surface area contributed by atoms with Crippen molar-refractivity contribution in [1.82, 2.24) is 4.90 Å². The summed E-state index contributed by atoms with van der Waals surface area (Å²) in [6.45, 7) is 0.407. The van der Waals surface area contributed by atoms with E-state index in [1.54, 1.807) is 53.4 Å². The first kappa shape index (κ1) is 17.5. The first-order valence-electron chi connectivity index (χ1n) is 8.81. The van der Waals surface area contributed by atoms with Crippen molar-refractivity contribution in [1.29, 1.82) is 0 Å². The number of carbonyl (C=O) groups is 3. The topological polar surface area (TPSA) is 69.7 Å². The lowest BCUT2D eigenvalue weighted by atomic mass is 10.1. The molecule has 0 saturated carbocycles. The van der Waals surface area contributed by atoms with Gasteiger partial charge < -0.3 is 15.1 Å². The molecule has 2 aliphatic rings. The van der Waals surface area contributed by atoms with Crippen molar-refractivity contribution in [2.75, 3.05) is 23.3 Å². The zero-order valence-electron chi connectivity index (χ0n) is 14.5. The van der Waals surface area contributed by atoms with Gasteiger partial charge in [-0.05, 0) is 49.2 Å². The molecule has 0 bridgehead atoms. The van der Waals surface area contributed by atoms with E-state index in [1.807, 2.05) is 0 Å². The average molecular weight is 384 g/mol. The van der Waals surface area contributed by atoms with Crippen LogP contribution in [-0.2, 0) is 9.59 Å². The smallest absolute Gasteiger partial charge is 0.256 e. The molecule has 0 radical (unpaired) electrons. The second-order valence-electron chi connectivity index (χ2n) is 6.65. The Kier molecular flexibility index (Phi) is 4.58. The summed E-state index contributed by atoms with van der Waals surface area (Å²) in [6.07, 6.45) is 1.41. The van der Waals surface area contributed by atoms with Gasteiger partial charge in [0.2, 0.25) is 11.8 Å². The fourth-order valence-corrected chi connectivity index (χ4v) is 3.78. The van der Waals surface area contributed by atoms with Crippen LogP contribution in [0.3, 0.4) is 0 Å². The average Bonchev–Trinajstić information content (AvgIpc) is 3.14. The molecule has 7 heteroatoms. The third kappa shape index (κ3) is 3.28. The highest BCUT2D eigenvalue weighted by atomic mass is 35.5. The third-order valence-electron chi connectivity index (χ3n) is 4.92. The predicted octanol–water partition coefficient (Wildman–Crippen LogP) is 2.93. The van der Waals surface area contributed by atoms with E-state index in [0.29, 0.717) is 34.9 Å². The Hall–Kier alpha value is -2.86. The molecule has 3 amide bonds. The van der Waals surface area contributed by atoms with Crippen LogP contribution in [0.25, 0.3) is 0 Å². The minimum atomic E-state index is -0.506. The lowest BCUT2D eigenvalue weighted by Crippen LogP contribution is -2.47. The monoisotopic (exact) mass is 383 g/mol. The van der Waals surface area contributed by atoms with E-state index >= 15 is 0 Å². The van der Waals surface area contributed by atoms with Gasteiger partial charge in [0, 0.05) is 17.3 Å². The van der Waals surface area contributed by atoms with Gasteiger partial charge in [-0.3, -0.25) is 14.4 Å². The highest BCUT2D eigenvalue weighted by Gasteiger charge is 2.42. The zero-order valence-corrected chi connectivity index (χ0v) is 15.3. The zero-order chi connectivity index (χ0) is 19.0. The van der Waals surface area contributed by atoms with Crippen molar-refractivity contribution in [3.63, 3.8) is 0 Å². The van der Waals surface area contributed by atoms with Gasteiger partial charge in [-0.1, -0.05) is 23.7 Å². The summed E-state index contributed by atoms with van der Waals surface area (Å²) >= 11 is 5.86. The summed E-state index contributed by atoms with van der Waals surface area (Å²) in [6, 6.07) is 13.2. The van der Waals surface area contributed by atoms with E-state index in [2.05, 4.69) is 5.32 Å². The summed E-state index contributed by atoms with van der Waals surface area (Å²) in [7, 11) is 0. The van der Waals surface area contributed by atoms with Gasteiger partial charge in [-0.15, -0.1) is 0 Å². The van der Waals surface area contributed by atoms with E-state index < -0.39 is 6.04 Å². The van der Waals surface area contributed by atoms with Gasteiger partial charge in [0.25, 0.3) is 5.91 Å². The van der Waals surface area contributed by atoms with Crippen molar-refractivity contribution in [2.24, 2.45) is 0 Å². The van der Waals surface area contributed by atoms with E-state index in [-0.39, 0.29) is 24.3 Å². The lowest BCUT2D eigenvalue weighted by Gasteiger charge is -2.25. The maximum atomic E-state index is 13.1. The molecule has 4 rings (SSSR count). The normalized spacial score (nSPS) is 18.8. The molecule has 0 spiro atoms. The predicted molar refractivity (Wildman–Crippen MR) is 103 cm³/mol. The van der Waals surface area contributed by atoms with E-state index in [0.717, 1.165) is 6.42 Å². The third-order valence-corrected chi connectivity index (χ3v) is 5.17. The number of amides is 3. The molecular formula is C20H18ClN3O3. The second-order valence-corrected chi connectivity index (χ2v) is 7.09. The Morgan fingerprint density at radius 2 is 1.85 bits per heavy atom. The quantitative estimate of drug-likeness (QED) is 0.885. The van der Waals surface area contributed by atoms with Crippen molar-refractivity contribution in [3.05, 3.63) is 59.1 Å². The summed E-state index contributed by atoms with van der Waals surface area (Å²) in [4.78, 5) is 41.6. The molecule has 6 nitrogen and oxygen atoms in total. The van der Waals surface area contributed by atoms with Gasteiger partial charge in [-0.2, -0.15) is 0 Å². The molecule has 0 unspecified atom stereocenters. The number of para-hydroxylation sites is 1. The van der Waals surface area contributed by atoms with Crippen LogP contribution in [0, 0.1) is 0 Å². The minimum absolute atomic E-state index is 0.151.